The molecule has 2 atom stereocenters. The van der Waals surface area contributed by atoms with Gasteiger partial charge in [-0.25, -0.2) is 0 Å². The number of carbonyl (C=O) groups excluding carboxylic acids is 2. The Kier molecular flexibility index (Phi) is 6.42. The van der Waals surface area contributed by atoms with Crippen LogP contribution in [0.4, 0.5) is 0 Å². The quantitative estimate of drug-likeness (QED) is 0.633. The van der Waals surface area contributed by atoms with Crippen LogP contribution in [-0.4, -0.2) is 47.4 Å². The van der Waals surface area contributed by atoms with Crippen LogP contribution in [0.15, 0.2) is 41.8 Å². The van der Waals surface area contributed by atoms with Crippen LogP contribution in [0.3, 0.4) is 0 Å². The molecule has 0 unspecified atom stereocenters. The molecule has 2 aliphatic rings. The molecule has 4 rings (SSSR count). The lowest BCUT2D eigenvalue weighted by Crippen LogP contribution is -2.50. The molecular weight excluding hydrogens is 396 g/mol. The minimum absolute atomic E-state index is 0.0165. The van der Waals surface area contributed by atoms with Gasteiger partial charge < -0.3 is 14.5 Å². The minimum atomic E-state index is -0.123. The van der Waals surface area contributed by atoms with Crippen LogP contribution in [0, 0.1) is 5.92 Å². The molecule has 1 aromatic heterocycles. The molecule has 1 saturated carbocycles. The van der Waals surface area contributed by atoms with E-state index in [-0.39, 0.29) is 36.4 Å². The van der Waals surface area contributed by atoms with Crippen molar-refractivity contribution in [2.24, 2.45) is 5.92 Å². The molecule has 0 N–H and O–H groups in total. The van der Waals surface area contributed by atoms with Crippen LogP contribution in [0.1, 0.15) is 49.6 Å². The van der Waals surface area contributed by atoms with E-state index in [2.05, 4.69) is 18.4 Å². The molecule has 0 bridgehead atoms. The lowest BCUT2D eigenvalue weighted by atomic mass is 10.00. The summed E-state index contributed by atoms with van der Waals surface area (Å²) in [7, 11) is 0. The molecule has 0 saturated heterocycles. The molecule has 1 fully saturated rings. The monoisotopic (exact) mass is 426 g/mol. The van der Waals surface area contributed by atoms with Crippen molar-refractivity contribution in [3.63, 3.8) is 0 Å². The van der Waals surface area contributed by atoms with E-state index >= 15 is 0 Å². The molecule has 2 amide bonds. The lowest BCUT2D eigenvalue weighted by Gasteiger charge is -2.38. The van der Waals surface area contributed by atoms with Crippen LogP contribution < -0.4 is 4.74 Å². The van der Waals surface area contributed by atoms with E-state index in [4.69, 9.17) is 4.74 Å². The van der Waals surface area contributed by atoms with Crippen molar-refractivity contribution in [1.82, 2.24) is 9.80 Å². The topological polar surface area (TPSA) is 49.9 Å². The van der Waals surface area contributed by atoms with E-state index in [1.54, 1.807) is 16.2 Å². The highest BCUT2D eigenvalue weighted by Gasteiger charge is 2.38. The Balaban J connectivity index is 1.51. The normalized spacial score (nSPS) is 19.1. The first kappa shape index (κ1) is 20.9. The molecule has 5 nitrogen and oxygen atoms in total. The van der Waals surface area contributed by atoms with Crippen molar-refractivity contribution in [3.8, 4) is 5.75 Å². The zero-order chi connectivity index (χ0) is 21.1. The van der Waals surface area contributed by atoms with Crippen LogP contribution in [0.2, 0.25) is 0 Å². The molecule has 160 valence electrons. The maximum absolute atomic E-state index is 13.4. The summed E-state index contributed by atoms with van der Waals surface area (Å²) in [5, 5.41) is 2.09. The van der Waals surface area contributed by atoms with Gasteiger partial charge in [0.25, 0.3) is 0 Å². The van der Waals surface area contributed by atoms with Gasteiger partial charge in [0.05, 0.1) is 6.04 Å². The largest absolute Gasteiger partial charge is 0.491 e. The minimum Gasteiger partial charge on any atom is -0.491 e. The first-order chi connectivity index (χ1) is 14.6. The number of benzene rings is 1. The third-order valence-corrected chi connectivity index (χ3v) is 7.20. The Morgan fingerprint density at radius 2 is 2.00 bits per heavy atom. The van der Waals surface area contributed by atoms with Crippen LogP contribution >= 0.6 is 11.3 Å². The van der Waals surface area contributed by atoms with Crippen molar-refractivity contribution in [1.29, 1.82) is 0 Å². The first-order valence-corrected chi connectivity index (χ1v) is 11.8. The standard InChI is InChI=1S/C24H30N2O3S/c1-3-17(2)26(24(28)18-9-10-18)15-23(27)25-13-11-22-20(12-14-30-22)21(25)16-29-19-7-5-4-6-8-19/h4-8,12,14,17-18,21H,3,9-11,13,15-16H2,1-2H3/t17-,21+/m1/s1. The third-order valence-electron chi connectivity index (χ3n) is 6.20. The van der Waals surface area contributed by atoms with Crippen molar-refractivity contribution < 1.29 is 14.3 Å². The van der Waals surface area contributed by atoms with Gasteiger partial charge in [-0.05, 0) is 61.7 Å². The van der Waals surface area contributed by atoms with Gasteiger partial charge in [0, 0.05) is 23.4 Å². The SMILES string of the molecule is CC[C@@H](C)N(CC(=O)N1CCc2sccc2[C@@H]1COc1ccccc1)C(=O)C1CC1. The molecule has 1 aromatic carbocycles. The molecule has 2 aromatic rings. The zero-order valence-corrected chi connectivity index (χ0v) is 18.6. The van der Waals surface area contributed by atoms with Gasteiger partial charge in [0.1, 0.15) is 18.9 Å². The number of nitrogens with zero attached hydrogens (tertiary/aromatic N) is 2. The smallest absolute Gasteiger partial charge is 0.242 e. The van der Waals surface area contributed by atoms with Crippen LogP contribution in [0.25, 0.3) is 0 Å². The van der Waals surface area contributed by atoms with Crippen LogP contribution in [0.5, 0.6) is 5.75 Å². The van der Waals surface area contributed by atoms with Gasteiger partial charge >= 0.3 is 0 Å². The van der Waals surface area contributed by atoms with Gasteiger partial charge in [-0.15, -0.1) is 11.3 Å². The number of hydrogen-bond donors (Lipinski definition) is 0. The number of thiophene rings is 1. The fourth-order valence-corrected chi connectivity index (χ4v) is 4.97. The number of ether oxygens (including phenoxy) is 1. The predicted octanol–water partition coefficient (Wildman–Crippen LogP) is 4.29. The highest BCUT2D eigenvalue weighted by molar-refractivity contribution is 7.10. The molecular formula is C24H30N2O3S. The molecule has 0 spiro atoms. The number of rotatable bonds is 8. The summed E-state index contributed by atoms with van der Waals surface area (Å²) >= 11 is 1.75. The maximum Gasteiger partial charge on any atom is 0.242 e. The molecule has 30 heavy (non-hydrogen) atoms. The molecule has 6 heteroatoms. The van der Waals surface area contributed by atoms with Gasteiger partial charge in [-0.3, -0.25) is 9.59 Å². The lowest BCUT2D eigenvalue weighted by molar-refractivity contribution is -0.145. The van der Waals surface area contributed by atoms with Crippen molar-refractivity contribution in [2.75, 3.05) is 19.7 Å². The molecule has 0 radical (unpaired) electrons. The van der Waals surface area contributed by atoms with E-state index < -0.39 is 0 Å². The van der Waals surface area contributed by atoms with Gasteiger partial charge in [0.15, 0.2) is 0 Å². The summed E-state index contributed by atoms with van der Waals surface area (Å²) in [4.78, 5) is 31.3. The second-order valence-corrected chi connectivity index (χ2v) is 9.27. The Bertz CT molecular complexity index is 878. The summed E-state index contributed by atoms with van der Waals surface area (Å²) in [5.74, 6) is 1.08. The van der Waals surface area contributed by atoms with E-state index in [1.165, 1.54) is 10.4 Å². The summed E-state index contributed by atoms with van der Waals surface area (Å²) < 4.78 is 6.05. The summed E-state index contributed by atoms with van der Waals surface area (Å²) in [6, 6.07) is 11.8. The van der Waals surface area contributed by atoms with E-state index in [0.29, 0.717) is 13.2 Å². The number of para-hydroxylation sites is 1. The fraction of sp³-hybridized carbons (Fsp3) is 0.500. The second-order valence-electron chi connectivity index (χ2n) is 8.27. The molecule has 1 aliphatic carbocycles. The van der Waals surface area contributed by atoms with E-state index in [0.717, 1.165) is 31.4 Å². The Morgan fingerprint density at radius 1 is 1.23 bits per heavy atom. The third kappa shape index (κ3) is 4.53. The maximum atomic E-state index is 13.4. The van der Waals surface area contributed by atoms with E-state index in [1.807, 2.05) is 42.2 Å². The predicted molar refractivity (Wildman–Crippen MR) is 119 cm³/mol. The van der Waals surface area contributed by atoms with E-state index in [9.17, 15) is 9.59 Å². The fourth-order valence-electron chi connectivity index (χ4n) is 4.04. The van der Waals surface area contributed by atoms with Gasteiger partial charge in [-0.1, -0.05) is 25.1 Å². The Morgan fingerprint density at radius 3 is 2.70 bits per heavy atom. The number of fused-ring (bicyclic) bond motifs is 1. The van der Waals surface area contributed by atoms with Gasteiger partial charge in [0.2, 0.25) is 11.8 Å². The van der Waals surface area contributed by atoms with Crippen molar-refractivity contribution in [3.05, 3.63) is 52.2 Å². The number of carbonyl (C=O) groups is 2. The highest BCUT2D eigenvalue weighted by Crippen LogP contribution is 2.35. The zero-order valence-electron chi connectivity index (χ0n) is 17.8. The molecule has 2 heterocycles. The number of amides is 2. The summed E-state index contributed by atoms with van der Waals surface area (Å²) in [5.41, 5.74) is 1.18. The average Bonchev–Trinajstić information content (AvgIpc) is 3.52. The summed E-state index contributed by atoms with van der Waals surface area (Å²) in [6.07, 6.45) is 3.62. The molecule has 1 aliphatic heterocycles. The highest BCUT2D eigenvalue weighted by atomic mass is 32.1. The van der Waals surface area contributed by atoms with Crippen molar-refractivity contribution in [2.45, 2.75) is 51.6 Å². The Labute approximate surface area is 182 Å². The average molecular weight is 427 g/mol. The van der Waals surface area contributed by atoms with Crippen LogP contribution in [-0.2, 0) is 16.0 Å². The number of hydrogen-bond acceptors (Lipinski definition) is 4. The van der Waals surface area contributed by atoms with Crippen molar-refractivity contribution >= 4 is 23.2 Å². The first-order valence-electron chi connectivity index (χ1n) is 10.9. The second kappa shape index (κ2) is 9.21. The Hall–Kier alpha value is -2.34. The van der Waals surface area contributed by atoms with Gasteiger partial charge in [-0.2, -0.15) is 0 Å². The summed E-state index contributed by atoms with van der Waals surface area (Å²) in [6.45, 7) is 5.35.